The average molecular weight is 279 g/mol. The molecule has 2 unspecified atom stereocenters. The van der Waals surface area contributed by atoms with Gasteiger partial charge in [0.25, 0.3) is 0 Å². The highest BCUT2D eigenvalue weighted by Gasteiger charge is 2.43. The standard InChI is InChI=1S/C15H21NO4/c1-2-9-19-11-3-5-12(6-4-11)20-13-7-8-15(16,10-13)14(17)18/h3-6,13H,2,7-10,16H2,1H3,(H,17,18). The molecule has 0 aromatic heterocycles. The van der Waals surface area contributed by atoms with Crippen LogP contribution < -0.4 is 15.2 Å². The maximum atomic E-state index is 11.1. The highest BCUT2D eigenvalue weighted by molar-refractivity contribution is 5.79. The second-order valence-electron chi connectivity index (χ2n) is 5.26. The molecule has 0 aliphatic heterocycles. The van der Waals surface area contributed by atoms with Crippen molar-refractivity contribution in [3.05, 3.63) is 24.3 Å². The van der Waals surface area contributed by atoms with Crippen molar-refractivity contribution in [2.24, 2.45) is 5.73 Å². The van der Waals surface area contributed by atoms with Crippen LogP contribution in [0.4, 0.5) is 0 Å². The highest BCUT2D eigenvalue weighted by atomic mass is 16.5. The van der Waals surface area contributed by atoms with Gasteiger partial charge in [0.15, 0.2) is 0 Å². The van der Waals surface area contributed by atoms with Crippen molar-refractivity contribution in [1.82, 2.24) is 0 Å². The van der Waals surface area contributed by atoms with Gasteiger partial charge in [0.1, 0.15) is 23.1 Å². The number of aliphatic carboxylic acids is 1. The van der Waals surface area contributed by atoms with E-state index in [2.05, 4.69) is 6.92 Å². The Labute approximate surface area is 118 Å². The van der Waals surface area contributed by atoms with Gasteiger partial charge in [0, 0.05) is 6.42 Å². The number of carboxylic acid groups (broad SMARTS) is 1. The number of carboxylic acids is 1. The number of benzene rings is 1. The molecule has 1 aromatic carbocycles. The Kier molecular flexibility index (Phi) is 4.49. The predicted molar refractivity (Wildman–Crippen MR) is 75.0 cm³/mol. The third kappa shape index (κ3) is 3.42. The van der Waals surface area contributed by atoms with Crippen molar-refractivity contribution in [2.75, 3.05) is 6.61 Å². The first-order chi connectivity index (χ1) is 9.53. The molecule has 5 nitrogen and oxygen atoms in total. The first-order valence-corrected chi connectivity index (χ1v) is 6.95. The summed E-state index contributed by atoms with van der Waals surface area (Å²) in [6.45, 7) is 2.75. The van der Waals surface area contributed by atoms with Gasteiger partial charge >= 0.3 is 5.97 Å². The molecule has 20 heavy (non-hydrogen) atoms. The van der Waals surface area contributed by atoms with Crippen LogP contribution >= 0.6 is 0 Å². The molecule has 2 rings (SSSR count). The summed E-state index contributed by atoms with van der Waals surface area (Å²) in [5, 5.41) is 9.08. The average Bonchev–Trinajstić information content (AvgIpc) is 2.81. The normalized spacial score (nSPS) is 25.4. The summed E-state index contributed by atoms with van der Waals surface area (Å²) in [5.74, 6) is 0.574. The third-order valence-corrected chi connectivity index (χ3v) is 3.53. The first kappa shape index (κ1) is 14.7. The summed E-state index contributed by atoms with van der Waals surface area (Å²) in [7, 11) is 0. The lowest BCUT2D eigenvalue weighted by atomic mass is 10.00. The molecule has 1 aliphatic rings. The van der Waals surface area contributed by atoms with Crippen LogP contribution in [0.2, 0.25) is 0 Å². The van der Waals surface area contributed by atoms with E-state index in [1.54, 1.807) is 0 Å². The molecular formula is C15H21NO4. The van der Waals surface area contributed by atoms with E-state index in [0.717, 1.165) is 12.2 Å². The smallest absolute Gasteiger partial charge is 0.323 e. The van der Waals surface area contributed by atoms with E-state index in [0.29, 0.717) is 31.6 Å². The third-order valence-electron chi connectivity index (χ3n) is 3.53. The number of hydrogen-bond donors (Lipinski definition) is 2. The van der Waals surface area contributed by atoms with Gasteiger partial charge in [0.2, 0.25) is 0 Å². The van der Waals surface area contributed by atoms with Gasteiger partial charge in [-0.05, 0) is 43.5 Å². The fourth-order valence-electron chi connectivity index (χ4n) is 2.35. The summed E-state index contributed by atoms with van der Waals surface area (Å²) in [6, 6.07) is 7.38. The Bertz CT molecular complexity index is 459. The van der Waals surface area contributed by atoms with E-state index in [1.165, 1.54) is 0 Å². The largest absolute Gasteiger partial charge is 0.494 e. The number of hydrogen-bond acceptors (Lipinski definition) is 4. The first-order valence-electron chi connectivity index (χ1n) is 6.95. The molecule has 0 radical (unpaired) electrons. The Morgan fingerprint density at radius 3 is 2.60 bits per heavy atom. The minimum Gasteiger partial charge on any atom is -0.494 e. The van der Waals surface area contributed by atoms with Gasteiger partial charge in [-0.2, -0.15) is 0 Å². The Morgan fingerprint density at radius 1 is 1.40 bits per heavy atom. The zero-order valence-electron chi connectivity index (χ0n) is 11.7. The van der Waals surface area contributed by atoms with E-state index in [-0.39, 0.29) is 6.10 Å². The van der Waals surface area contributed by atoms with Gasteiger partial charge in [-0.3, -0.25) is 4.79 Å². The van der Waals surface area contributed by atoms with Crippen LogP contribution in [0.15, 0.2) is 24.3 Å². The maximum Gasteiger partial charge on any atom is 0.323 e. The number of ether oxygens (including phenoxy) is 2. The van der Waals surface area contributed by atoms with Crippen molar-refractivity contribution in [3.63, 3.8) is 0 Å². The molecular weight excluding hydrogens is 258 g/mol. The Balaban J connectivity index is 1.90. The van der Waals surface area contributed by atoms with Crippen LogP contribution in [-0.4, -0.2) is 29.3 Å². The Hall–Kier alpha value is -1.75. The zero-order chi connectivity index (χ0) is 14.6. The van der Waals surface area contributed by atoms with Gasteiger partial charge in [-0.25, -0.2) is 0 Å². The molecule has 1 aromatic rings. The van der Waals surface area contributed by atoms with Crippen LogP contribution in [0.1, 0.15) is 32.6 Å². The number of carbonyl (C=O) groups is 1. The summed E-state index contributed by atoms with van der Waals surface area (Å²) in [5.41, 5.74) is 4.68. The molecule has 0 amide bonds. The lowest BCUT2D eigenvalue weighted by molar-refractivity contribution is -0.143. The van der Waals surface area contributed by atoms with Crippen LogP contribution in [0.5, 0.6) is 11.5 Å². The molecule has 3 N–H and O–H groups in total. The van der Waals surface area contributed by atoms with Gasteiger partial charge in [-0.15, -0.1) is 0 Å². The summed E-state index contributed by atoms with van der Waals surface area (Å²) in [4.78, 5) is 11.1. The number of rotatable bonds is 6. The minimum absolute atomic E-state index is 0.140. The summed E-state index contributed by atoms with van der Waals surface area (Å²) < 4.78 is 11.3. The number of nitrogens with two attached hydrogens (primary N) is 1. The van der Waals surface area contributed by atoms with E-state index < -0.39 is 11.5 Å². The molecule has 0 spiro atoms. The van der Waals surface area contributed by atoms with E-state index >= 15 is 0 Å². The lowest BCUT2D eigenvalue weighted by Crippen LogP contribution is -2.46. The fourth-order valence-corrected chi connectivity index (χ4v) is 2.35. The Morgan fingerprint density at radius 2 is 2.05 bits per heavy atom. The molecule has 0 saturated heterocycles. The quantitative estimate of drug-likeness (QED) is 0.834. The maximum absolute atomic E-state index is 11.1. The van der Waals surface area contributed by atoms with Gasteiger partial charge in [-0.1, -0.05) is 6.92 Å². The molecule has 1 aliphatic carbocycles. The van der Waals surface area contributed by atoms with E-state index in [4.69, 9.17) is 20.3 Å². The molecule has 1 saturated carbocycles. The molecule has 2 atom stereocenters. The lowest BCUT2D eigenvalue weighted by Gasteiger charge is -2.18. The summed E-state index contributed by atoms with van der Waals surface area (Å²) >= 11 is 0. The van der Waals surface area contributed by atoms with Crippen molar-refractivity contribution in [2.45, 2.75) is 44.2 Å². The van der Waals surface area contributed by atoms with Crippen molar-refractivity contribution >= 4 is 5.97 Å². The van der Waals surface area contributed by atoms with Crippen LogP contribution in [0, 0.1) is 0 Å². The minimum atomic E-state index is -1.14. The van der Waals surface area contributed by atoms with Crippen molar-refractivity contribution < 1.29 is 19.4 Å². The van der Waals surface area contributed by atoms with E-state index in [9.17, 15) is 4.79 Å². The van der Waals surface area contributed by atoms with Crippen molar-refractivity contribution in [1.29, 1.82) is 0 Å². The highest BCUT2D eigenvalue weighted by Crippen LogP contribution is 2.31. The second kappa shape index (κ2) is 6.13. The summed E-state index contributed by atoms with van der Waals surface area (Å²) in [6.07, 6.45) is 2.28. The molecule has 110 valence electrons. The topological polar surface area (TPSA) is 81.8 Å². The monoisotopic (exact) mass is 279 g/mol. The molecule has 5 heteroatoms. The van der Waals surface area contributed by atoms with Crippen LogP contribution in [0.3, 0.4) is 0 Å². The van der Waals surface area contributed by atoms with Crippen LogP contribution in [-0.2, 0) is 4.79 Å². The molecule has 0 bridgehead atoms. The van der Waals surface area contributed by atoms with Gasteiger partial charge in [0.05, 0.1) is 6.61 Å². The fraction of sp³-hybridized carbons (Fsp3) is 0.533. The van der Waals surface area contributed by atoms with Crippen LogP contribution in [0.25, 0.3) is 0 Å². The zero-order valence-corrected chi connectivity index (χ0v) is 11.7. The SMILES string of the molecule is CCCOc1ccc(OC2CCC(N)(C(=O)O)C2)cc1. The predicted octanol–water partition coefficient (Wildman–Crippen LogP) is 2.19. The van der Waals surface area contributed by atoms with Gasteiger partial charge < -0.3 is 20.3 Å². The molecule has 1 fully saturated rings. The van der Waals surface area contributed by atoms with E-state index in [1.807, 2.05) is 24.3 Å². The molecule has 0 heterocycles. The second-order valence-corrected chi connectivity index (χ2v) is 5.26. The van der Waals surface area contributed by atoms with Crippen molar-refractivity contribution in [3.8, 4) is 11.5 Å².